The summed E-state index contributed by atoms with van der Waals surface area (Å²) in [6, 6.07) is 30.7. The van der Waals surface area contributed by atoms with Gasteiger partial charge in [-0.1, -0.05) is 98.3 Å². The molecule has 4 rings (SSSR count). The number of hydrogen-bond acceptors (Lipinski definition) is 4. The molecule has 0 saturated heterocycles. The van der Waals surface area contributed by atoms with Gasteiger partial charge >= 0.3 is 0 Å². The maximum absolute atomic E-state index is 4.79. The SMILES string of the molecule is CCCCc1ccc(C(C)=NNc2cc(-c3ccccc3)nc(-c3ccccc3)n2)cc1. The third-order valence-corrected chi connectivity index (χ3v) is 5.36. The summed E-state index contributed by atoms with van der Waals surface area (Å²) in [5.41, 5.74) is 9.39. The summed E-state index contributed by atoms with van der Waals surface area (Å²) < 4.78 is 0. The molecule has 0 radical (unpaired) electrons. The van der Waals surface area contributed by atoms with E-state index in [0.717, 1.165) is 34.5 Å². The molecule has 0 aliphatic carbocycles. The molecule has 0 bridgehead atoms. The van der Waals surface area contributed by atoms with E-state index in [0.29, 0.717) is 11.6 Å². The fourth-order valence-electron chi connectivity index (χ4n) is 3.48. The standard InChI is InChI=1S/C28H28N4/c1-3-4-11-22-16-18-23(19-17-22)21(2)31-32-27-20-26(24-12-7-5-8-13-24)29-28(30-27)25-14-9-6-10-15-25/h5-10,12-20H,3-4,11H2,1-2H3,(H,29,30,32). The molecule has 1 aromatic heterocycles. The maximum atomic E-state index is 4.79. The second-order valence-corrected chi connectivity index (χ2v) is 7.80. The summed E-state index contributed by atoms with van der Waals surface area (Å²) in [4.78, 5) is 9.51. The number of unbranched alkanes of at least 4 members (excludes halogenated alkanes) is 1. The minimum atomic E-state index is 0.664. The predicted molar refractivity (Wildman–Crippen MR) is 134 cm³/mol. The van der Waals surface area contributed by atoms with Gasteiger partial charge in [0, 0.05) is 17.2 Å². The van der Waals surface area contributed by atoms with Crippen molar-refractivity contribution in [3.05, 3.63) is 102 Å². The molecule has 0 aliphatic heterocycles. The number of anilines is 1. The van der Waals surface area contributed by atoms with Crippen molar-refractivity contribution in [2.45, 2.75) is 33.1 Å². The molecule has 160 valence electrons. The first kappa shape index (κ1) is 21.4. The van der Waals surface area contributed by atoms with E-state index < -0.39 is 0 Å². The van der Waals surface area contributed by atoms with Crippen molar-refractivity contribution in [1.82, 2.24) is 9.97 Å². The number of benzene rings is 3. The molecule has 3 aromatic carbocycles. The Bertz CT molecular complexity index is 1110. The van der Waals surface area contributed by atoms with E-state index in [9.17, 15) is 0 Å². The van der Waals surface area contributed by atoms with E-state index in [2.05, 4.69) is 53.8 Å². The van der Waals surface area contributed by atoms with Gasteiger partial charge in [0.2, 0.25) is 0 Å². The Morgan fingerprint density at radius 3 is 2.12 bits per heavy atom. The van der Waals surface area contributed by atoms with Crippen molar-refractivity contribution in [1.29, 1.82) is 0 Å². The van der Waals surface area contributed by atoms with E-state index in [-0.39, 0.29) is 0 Å². The zero-order valence-corrected chi connectivity index (χ0v) is 18.6. The molecule has 4 nitrogen and oxygen atoms in total. The number of aromatic nitrogens is 2. The van der Waals surface area contributed by atoms with Gasteiger partial charge in [0.05, 0.1) is 11.4 Å². The predicted octanol–water partition coefficient (Wildman–Crippen LogP) is 6.99. The molecular weight excluding hydrogens is 392 g/mol. The third-order valence-electron chi connectivity index (χ3n) is 5.36. The van der Waals surface area contributed by atoms with Crippen molar-refractivity contribution in [2.24, 2.45) is 5.10 Å². The monoisotopic (exact) mass is 420 g/mol. The highest BCUT2D eigenvalue weighted by molar-refractivity contribution is 5.99. The van der Waals surface area contributed by atoms with Gasteiger partial charge in [-0.2, -0.15) is 5.10 Å². The smallest absolute Gasteiger partial charge is 0.162 e. The summed E-state index contributed by atoms with van der Waals surface area (Å²) >= 11 is 0. The fourth-order valence-corrected chi connectivity index (χ4v) is 3.48. The first-order chi connectivity index (χ1) is 15.7. The summed E-state index contributed by atoms with van der Waals surface area (Å²) in [6.45, 7) is 4.22. The highest BCUT2D eigenvalue weighted by Crippen LogP contribution is 2.24. The Labute approximate surface area is 190 Å². The van der Waals surface area contributed by atoms with Crippen molar-refractivity contribution in [3.8, 4) is 22.6 Å². The lowest BCUT2D eigenvalue weighted by molar-refractivity contribution is 0.795. The number of hydrogen-bond donors (Lipinski definition) is 1. The second-order valence-electron chi connectivity index (χ2n) is 7.80. The summed E-state index contributed by atoms with van der Waals surface area (Å²) in [5, 5.41) is 4.60. The molecule has 1 heterocycles. The van der Waals surface area contributed by atoms with E-state index in [1.807, 2.05) is 61.5 Å². The Hall–Kier alpha value is -3.79. The first-order valence-corrected chi connectivity index (χ1v) is 11.1. The molecule has 0 aliphatic rings. The van der Waals surface area contributed by atoms with Crippen LogP contribution < -0.4 is 5.43 Å². The Morgan fingerprint density at radius 1 is 0.812 bits per heavy atom. The van der Waals surface area contributed by atoms with Crippen LogP contribution >= 0.6 is 0 Å². The molecule has 0 saturated carbocycles. The normalized spacial score (nSPS) is 11.4. The van der Waals surface area contributed by atoms with Crippen LogP contribution in [0.5, 0.6) is 0 Å². The molecular formula is C28H28N4. The van der Waals surface area contributed by atoms with E-state index in [1.54, 1.807) is 0 Å². The lowest BCUT2D eigenvalue weighted by Crippen LogP contribution is -2.03. The molecule has 0 fully saturated rings. The lowest BCUT2D eigenvalue weighted by atomic mass is 10.0. The van der Waals surface area contributed by atoms with E-state index in [1.165, 1.54) is 18.4 Å². The Balaban J connectivity index is 1.61. The molecule has 4 heteroatoms. The van der Waals surface area contributed by atoms with Crippen molar-refractivity contribution >= 4 is 11.5 Å². The minimum absolute atomic E-state index is 0.664. The quantitative estimate of drug-likeness (QED) is 0.247. The Morgan fingerprint density at radius 2 is 1.47 bits per heavy atom. The average Bonchev–Trinajstić information content (AvgIpc) is 2.87. The largest absolute Gasteiger partial charge is 0.261 e. The molecule has 32 heavy (non-hydrogen) atoms. The van der Waals surface area contributed by atoms with Crippen molar-refractivity contribution in [2.75, 3.05) is 5.43 Å². The number of hydrazone groups is 1. The molecule has 1 N–H and O–H groups in total. The second kappa shape index (κ2) is 10.5. The van der Waals surface area contributed by atoms with Crippen LogP contribution in [0.3, 0.4) is 0 Å². The molecule has 4 aromatic rings. The van der Waals surface area contributed by atoms with Gasteiger partial charge in [-0.3, -0.25) is 5.43 Å². The zero-order valence-electron chi connectivity index (χ0n) is 18.6. The third kappa shape index (κ3) is 5.46. The molecule has 0 atom stereocenters. The van der Waals surface area contributed by atoms with Crippen LogP contribution in [0, 0.1) is 0 Å². The van der Waals surface area contributed by atoms with Crippen LogP contribution in [0.4, 0.5) is 5.82 Å². The number of aryl methyl sites for hydroxylation is 1. The number of nitrogens with zero attached hydrogens (tertiary/aromatic N) is 3. The van der Waals surface area contributed by atoms with Crippen LogP contribution in [-0.4, -0.2) is 15.7 Å². The first-order valence-electron chi connectivity index (χ1n) is 11.1. The molecule has 0 unspecified atom stereocenters. The highest BCUT2D eigenvalue weighted by atomic mass is 15.3. The minimum Gasteiger partial charge on any atom is -0.261 e. The zero-order chi connectivity index (χ0) is 22.2. The average molecular weight is 421 g/mol. The Kier molecular flexibility index (Phi) is 7.03. The fraction of sp³-hybridized carbons (Fsp3) is 0.179. The summed E-state index contributed by atoms with van der Waals surface area (Å²) in [5.74, 6) is 1.33. The van der Waals surface area contributed by atoms with Crippen molar-refractivity contribution in [3.63, 3.8) is 0 Å². The lowest BCUT2D eigenvalue weighted by Gasteiger charge is -2.09. The van der Waals surface area contributed by atoms with Crippen LogP contribution in [0.15, 0.2) is 96.1 Å². The maximum Gasteiger partial charge on any atom is 0.162 e. The van der Waals surface area contributed by atoms with Gasteiger partial charge in [-0.15, -0.1) is 0 Å². The van der Waals surface area contributed by atoms with Crippen LogP contribution in [0.25, 0.3) is 22.6 Å². The number of rotatable bonds is 8. The molecule has 0 amide bonds. The van der Waals surface area contributed by atoms with E-state index >= 15 is 0 Å². The van der Waals surface area contributed by atoms with Gasteiger partial charge in [-0.05, 0) is 30.9 Å². The van der Waals surface area contributed by atoms with Crippen molar-refractivity contribution < 1.29 is 0 Å². The van der Waals surface area contributed by atoms with Gasteiger partial charge in [0.25, 0.3) is 0 Å². The summed E-state index contributed by atoms with van der Waals surface area (Å²) in [6.07, 6.45) is 3.55. The highest BCUT2D eigenvalue weighted by Gasteiger charge is 2.09. The molecule has 0 spiro atoms. The van der Waals surface area contributed by atoms with Gasteiger partial charge in [0.1, 0.15) is 0 Å². The van der Waals surface area contributed by atoms with Gasteiger partial charge in [-0.25, -0.2) is 9.97 Å². The number of nitrogens with one attached hydrogen (secondary N) is 1. The van der Waals surface area contributed by atoms with Gasteiger partial charge in [0.15, 0.2) is 11.6 Å². The summed E-state index contributed by atoms with van der Waals surface area (Å²) in [7, 11) is 0. The van der Waals surface area contributed by atoms with Crippen LogP contribution in [-0.2, 0) is 6.42 Å². The van der Waals surface area contributed by atoms with Crippen LogP contribution in [0.1, 0.15) is 37.8 Å². The van der Waals surface area contributed by atoms with Crippen LogP contribution in [0.2, 0.25) is 0 Å². The topological polar surface area (TPSA) is 50.2 Å². The van der Waals surface area contributed by atoms with E-state index in [4.69, 9.17) is 9.97 Å². The van der Waals surface area contributed by atoms with Gasteiger partial charge < -0.3 is 0 Å².